The molecule has 0 spiro atoms. The lowest BCUT2D eigenvalue weighted by atomic mass is 10.2. The van der Waals surface area contributed by atoms with Gasteiger partial charge in [-0.2, -0.15) is 0 Å². The highest BCUT2D eigenvalue weighted by Gasteiger charge is 2.07. The average Bonchev–Trinajstić information content (AvgIpc) is 2.86. The number of hydrogen-bond acceptors (Lipinski definition) is 3. The Morgan fingerprint density at radius 1 is 1.04 bits per heavy atom. The summed E-state index contributed by atoms with van der Waals surface area (Å²) in [4.78, 5) is 23.3. The highest BCUT2D eigenvalue weighted by atomic mass is 16.4. The van der Waals surface area contributed by atoms with Gasteiger partial charge in [0, 0.05) is 20.1 Å². The molecule has 0 fully saturated rings. The van der Waals surface area contributed by atoms with Crippen LogP contribution in [0, 0.1) is 0 Å². The molecule has 6 heteroatoms. The van der Waals surface area contributed by atoms with Crippen LogP contribution in [-0.2, 0) is 20.1 Å². The lowest BCUT2D eigenvalue weighted by molar-refractivity contribution is 0.240. The van der Waals surface area contributed by atoms with E-state index in [2.05, 4.69) is 10.6 Å². The Hall–Kier alpha value is -3.02. The molecule has 0 saturated heterocycles. The Labute approximate surface area is 132 Å². The Balaban J connectivity index is 1.58. The van der Waals surface area contributed by atoms with Gasteiger partial charge in [-0.25, -0.2) is 9.59 Å². The number of urea groups is 1. The van der Waals surface area contributed by atoms with Crippen LogP contribution >= 0.6 is 0 Å². The van der Waals surface area contributed by atoms with Crippen LogP contribution in [-0.4, -0.2) is 10.6 Å². The van der Waals surface area contributed by atoms with Crippen LogP contribution in [0.1, 0.15) is 11.1 Å². The molecule has 0 radical (unpaired) electrons. The highest BCUT2D eigenvalue weighted by Crippen LogP contribution is 2.14. The number of aromatic nitrogens is 1. The van der Waals surface area contributed by atoms with Crippen molar-refractivity contribution >= 4 is 17.1 Å². The fourth-order valence-corrected chi connectivity index (χ4v) is 2.31. The molecule has 0 aliphatic carbocycles. The molecule has 0 unspecified atom stereocenters. The smallest absolute Gasteiger partial charge is 0.408 e. The maximum atomic E-state index is 11.8. The van der Waals surface area contributed by atoms with Gasteiger partial charge in [0.1, 0.15) is 0 Å². The zero-order chi connectivity index (χ0) is 16.2. The molecule has 3 aromatic rings. The number of rotatable bonds is 4. The van der Waals surface area contributed by atoms with Crippen molar-refractivity contribution in [3.63, 3.8) is 0 Å². The number of carbonyl (C=O) groups is 1. The van der Waals surface area contributed by atoms with Gasteiger partial charge in [0.25, 0.3) is 0 Å². The Morgan fingerprint density at radius 2 is 1.74 bits per heavy atom. The zero-order valence-corrected chi connectivity index (χ0v) is 12.7. The number of carbonyl (C=O) groups excluding carboxylic acids is 1. The van der Waals surface area contributed by atoms with Gasteiger partial charge in [-0.1, -0.05) is 36.4 Å². The van der Waals surface area contributed by atoms with E-state index in [1.165, 1.54) is 4.57 Å². The van der Waals surface area contributed by atoms with Crippen molar-refractivity contribution in [1.82, 2.24) is 15.2 Å². The van der Waals surface area contributed by atoms with E-state index < -0.39 is 5.76 Å². The monoisotopic (exact) mass is 311 g/mol. The van der Waals surface area contributed by atoms with E-state index >= 15 is 0 Å². The molecule has 0 aliphatic heterocycles. The number of nitrogens with zero attached hydrogens (tertiary/aromatic N) is 1. The van der Waals surface area contributed by atoms with E-state index in [0.717, 1.165) is 11.1 Å². The Morgan fingerprint density at radius 3 is 2.48 bits per heavy atom. The summed E-state index contributed by atoms with van der Waals surface area (Å²) in [5.74, 6) is -0.397. The van der Waals surface area contributed by atoms with E-state index in [1.54, 1.807) is 13.1 Å². The molecular formula is C17H17N3O3. The molecule has 0 aliphatic rings. The number of benzene rings is 2. The van der Waals surface area contributed by atoms with Gasteiger partial charge in [-0.15, -0.1) is 0 Å². The Bertz CT molecular complexity index is 881. The van der Waals surface area contributed by atoms with E-state index in [4.69, 9.17) is 4.42 Å². The summed E-state index contributed by atoms with van der Waals surface area (Å²) >= 11 is 0. The SMILES string of the molecule is Cn1c(=O)oc2ccc(CNC(=O)NCc3ccccc3)cc21. The maximum absolute atomic E-state index is 11.8. The highest BCUT2D eigenvalue weighted by molar-refractivity contribution is 5.75. The van der Waals surface area contributed by atoms with Crippen molar-refractivity contribution in [2.24, 2.45) is 7.05 Å². The van der Waals surface area contributed by atoms with Crippen molar-refractivity contribution in [2.45, 2.75) is 13.1 Å². The first kappa shape index (κ1) is 14.9. The molecule has 2 N–H and O–H groups in total. The second-order valence-corrected chi connectivity index (χ2v) is 5.25. The summed E-state index contributed by atoms with van der Waals surface area (Å²) in [6, 6.07) is 14.8. The number of fused-ring (bicyclic) bond motifs is 1. The van der Waals surface area contributed by atoms with Gasteiger partial charge in [0.15, 0.2) is 5.58 Å². The number of oxazole rings is 1. The third-order valence-electron chi connectivity index (χ3n) is 3.60. The molecular weight excluding hydrogens is 294 g/mol. The summed E-state index contributed by atoms with van der Waals surface area (Å²) in [5.41, 5.74) is 3.18. The first-order valence-corrected chi connectivity index (χ1v) is 7.27. The number of nitrogens with one attached hydrogen (secondary N) is 2. The normalized spacial score (nSPS) is 10.7. The molecule has 2 aromatic carbocycles. The third-order valence-corrected chi connectivity index (χ3v) is 3.60. The Kier molecular flexibility index (Phi) is 4.14. The lowest BCUT2D eigenvalue weighted by Gasteiger charge is -2.08. The summed E-state index contributed by atoms with van der Waals surface area (Å²) in [7, 11) is 1.65. The molecule has 0 bridgehead atoms. The van der Waals surface area contributed by atoms with Crippen LogP contribution in [0.25, 0.3) is 11.1 Å². The van der Waals surface area contributed by atoms with Gasteiger partial charge in [-0.05, 0) is 23.3 Å². The van der Waals surface area contributed by atoms with Crippen LogP contribution in [0.4, 0.5) is 4.79 Å². The van der Waals surface area contributed by atoms with Crippen molar-refractivity contribution in [3.8, 4) is 0 Å². The van der Waals surface area contributed by atoms with Crippen molar-refractivity contribution in [3.05, 3.63) is 70.2 Å². The summed E-state index contributed by atoms with van der Waals surface area (Å²) < 4.78 is 6.51. The maximum Gasteiger partial charge on any atom is 0.419 e. The summed E-state index contributed by atoms with van der Waals surface area (Å²) in [6.45, 7) is 0.845. The van der Waals surface area contributed by atoms with Crippen molar-refractivity contribution in [2.75, 3.05) is 0 Å². The minimum Gasteiger partial charge on any atom is -0.408 e. The van der Waals surface area contributed by atoms with Crippen LogP contribution in [0.2, 0.25) is 0 Å². The summed E-state index contributed by atoms with van der Waals surface area (Å²) in [5, 5.41) is 5.59. The van der Waals surface area contributed by atoms with Crippen molar-refractivity contribution < 1.29 is 9.21 Å². The molecule has 118 valence electrons. The fraction of sp³-hybridized carbons (Fsp3) is 0.176. The van der Waals surface area contributed by atoms with E-state index in [0.29, 0.717) is 24.2 Å². The third kappa shape index (κ3) is 3.42. The zero-order valence-electron chi connectivity index (χ0n) is 12.7. The minimum absolute atomic E-state index is 0.241. The molecule has 2 amide bonds. The molecule has 0 atom stereocenters. The quantitative estimate of drug-likeness (QED) is 0.775. The first-order valence-electron chi connectivity index (χ1n) is 7.27. The lowest BCUT2D eigenvalue weighted by Crippen LogP contribution is -2.34. The van der Waals surface area contributed by atoms with Crippen LogP contribution in [0.3, 0.4) is 0 Å². The molecule has 1 aromatic heterocycles. The van der Waals surface area contributed by atoms with E-state index in [9.17, 15) is 9.59 Å². The molecule has 23 heavy (non-hydrogen) atoms. The largest absolute Gasteiger partial charge is 0.419 e. The van der Waals surface area contributed by atoms with Gasteiger partial charge in [-0.3, -0.25) is 4.57 Å². The van der Waals surface area contributed by atoms with Crippen molar-refractivity contribution in [1.29, 1.82) is 0 Å². The predicted molar refractivity (Wildman–Crippen MR) is 87.0 cm³/mol. The van der Waals surface area contributed by atoms with E-state index in [1.807, 2.05) is 42.5 Å². The van der Waals surface area contributed by atoms with Crippen LogP contribution in [0.15, 0.2) is 57.7 Å². The van der Waals surface area contributed by atoms with Gasteiger partial charge in [0.2, 0.25) is 0 Å². The average molecular weight is 311 g/mol. The van der Waals surface area contributed by atoms with Crippen LogP contribution < -0.4 is 16.4 Å². The van der Waals surface area contributed by atoms with Crippen LogP contribution in [0.5, 0.6) is 0 Å². The molecule has 6 nitrogen and oxygen atoms in total. The standard InChI is InChI=1S/C17H17N3O3/c1-20-14-9-13(7-8-15(14)23-17(20)22)11-19-16(21)18-10-12-5-3-2-4-6-12/h2-9H,10-11H2,1H3,(H2,18,19,21). The predicted octanol–water partition coefficient (Wildman–Crippen LogP) is 2.13. The second kappa shape index (κ2) is 6.39. The topological polar surface area (TPSA) is 76.3 Å². The van der Waals surface area contributed by atoms with Gasteiger partial charge < -0.3 is 15.1 Å². The second-order valence-electron chi connectivity index (χ2n) is 5.25. The van der Waals surface area contributed by atoms with Gasteiger partial charge >= 0.3 is 11.8 Å². The fourth-order valence-electron chi connectivity index (χ4n) is 2.31. The number of hydrogen-bond donors (Lipinski definition) is 2. The summed E-state index contributed by atoms with van der Waals surface area (Å²) in [6.07, 6.45) is 0. The first-order chi connectivity index (χ1) is 11.1. The number of amides is 2. The van der Waals surface area contributed by atoms with Gasteiger partial charge in [0.05, 0.1) is 5.52 Å². The van der Waals surface area contributed by atoms with E-state index in [-0.39, 0.29) is 6.03 Å². The molecule has 0 saturated carbocycles. The number of aryl methyl sites for hydroxylation is 1. The molecule has 1 heterocycles. The minimum atomic E-state index is -0.397. The molecule has 3 rings (SSSR count).